The summed E-state index contributed by atoms with van der Waals surface area (Å²) in [6.45, 7) is 4.40. The van der Waals surface area contributed by atoms with E-state index < -0.39 is 0 Å². The molecule has 3 atom stereocenters. The maximum atomic E-state index is 4.91. The predicted octanol–water partition coefficient (Wildman–Crippen LogP) is 2.90. The number of hydrogen-bond donors (Lipinski definition) is 1. The fourth-order valence-electron chi connectivity index (χ4n) is 4.13. The van der Waals surface area contributed by atoms with E-state index in [1.54, 1.807) is 0 Å². The van der Waals surface area contributed by atoms with E-state index in [4.69, 9.17) is 4.98 Å². The number of aryl methyl sites for hydroxylation is 1. The molecule has 1 aliphatic heterocycles. The Morgan fingerprint density at radius 1 is 1.40 bits per heavy atom. The van der Waals surface area contributed by atoms with Crippen molar-refractivity contribution in [3.05, 3.63) is 24.2 Å². The first-order valence-corrected chi connectivity index (χ1v) is 7.93. The summed E-state index contributed by atoms with van der Waals surface area (Å²) < 4.78 is 2.34. The Hall–Kier alpha value is -1.42. The minimum atomic E-state index is 0.434. The number of fused-ring (bicyclic) bond motifs is 2. The molecule has 1 N–H and O–H groups in total. The second-order valence-corrected chi connectivity index (χ2v) is 6.21. The number of imidazole rings is 1. The molecule has 1 saturated heterocycles. The molecule has 2 aliphatic rings. The van der Waals surface area contributed by atoms with Crippen LogP contribution in [0, 0.1) is 11.8 Å². The van der Waals surface area contributed by atoms with Gasteiger partial charge in [0.1, 0.15) is 11.3 Å². The fourth-order valence-corrected chi connectivity index (χ4v) is 4.13. The van der Waals surface area contributed by atoms with Gasteiger partial charge >= 0.3 is 0 Å². The van der Waals surface area contributed by atoms with Crippen molar-refractivity contribution in [2.45, 2.75) is 45.2 Å². The van der Waals surface area contributed by atoms with Crippen LogP contribution in [-0.2, 0) is 6.54 Å². The standard InChI is InChI=1S/C16H22N4/c1-2-9-20-15-13(7-4-8-17-15)19-16(20)14-12-6-3-5-11(12)10-18-14/h4,7-8,11-12,14,18H,2-3,5-6,9-10H2,1H3. The number of rotatable bonds is 3. The van der Waals surface area contributed by atoms with E-state index in [0.717, 1.165) is 42.5 Å². The summed E-state index contributed by atoms with van der Waals surface area (Å²) in [4.78, 5) is 9.46. The van der Waals surface area contributed by atoms with Crippen molar-refractivity contribution in [1.82, 2.24) is 19.9 Å². The van der Waals surface area contributed by atoms with Crippen molar-refractivity contribution in [3.8, 4) is 0 Å². The van der Waals surface area contributed by atoms with E-state index in [2.05, 4.69) is 27.9 Å². The minimum Gasteiger partial charge on any atom is -0.311 e. The van der Waals surface area contributed by atoms with Gasteiger partial charge in [-0.15, -0.1) is 0 Å². The second kappa shape index (κ2) is 4.85. The molecule has 0 spiro atoms. The summed E-state index contributed by atoms with van der Waals surface area (Å²) in [5, 5.41) is 3.72. The lowest BCUT2D eigenvalue weighted by Gasteiger charge is -2.19. The van der Waals surface area contributed by atoms with Crippen LogP contribution in [0.1, 0.15) is 44.5 Å². The van der Waals surface area contributed by atoms with Gasteiger partial charge in [-0.3, -0.25) is 0 Å². The molecular formula is C16H22N4. The van der Waals surface area contributed by atoms with Gasteiger partial charge < -0.3 is 9.88 Å². The van der Waals surface area contributed by atoms with Crippen molar-refractivity contribution in [2.24, 2.45) is 11.8 Å². The minimum absolute atomic E-state index is 0.434. The number of hydrogen-bond acceptors (Lipinski definition) is 3. The van der Waals surface area contributed by atoms with E-state index in [1.165, 1.54) is 25.1 Å². The number of nitrogens with one attached hydrogen (secondary N) is 1. The molecule has 2 aromatic rings. The van der Waals surface area contributed by atoms with Gasteiger partial charge in [-0.1, -0.05) is 13.3 Å². The normalized spacial score (nSPS) is 29.1. The van der Waals surface area contributed by atoms with Crippen molar-refractivity contribution < 1.29 is 0 Å². The first-order chi connectivity index (χ1) is 9.88. The van der Waals surface area contributed by atoms with Gasteiger partial charge in [0.05, 0.1) is 6.04 Å². The summed E-state index contributed by atoms with van der Waals surface area (Å²) in [6, 6.07) is 4.50. The molecule has 4 rings (SSSR count). The van der Waals surface area contributed by atoms with E-state index in [-0.39, 0.29) is 0 Å². The second-order valence-electron chi connectivity index (χ2n) is 6.21. The van der Waals surface area contributed by atoms with Crippen LogP contribution in [0.25, 0.3) is 11.2 Å². The fraction of sp³-hybridized carbons (Fsp3) is 0.625. The van der Waals surface area contributed by atoms with Crippen LogP contribution >= 0.6 is 0 Å². The third-order valence-corrected chi connectivity index (χ3v) is 5.00. The Morgan fingerprint density at radius 2 is 2.35 bits per heavy atom. The quantitative estimate of drug-likeness (QED) is 0.932. The summed E-state index contributed by atoms with van der Waals surface area (Å²) in [7, 11) is 0. The van der Waals surface area contributed by atoms with Crippen molar-refractivity contribution in [1.29, 1.82) is 0 Å². The summed E-state index contributed by atoms with van der Waals surface area (Å²) in [5.74, 6) is 2.86. The largest absolute Gasteiger partial charge is 0.311 e. The van der Waals surface area contributed by atoms with Crippen molar-refractivity contribution >= 4 is 11.2 Å². The molecule has 0 amide bonds. The highest BCUT2D eigenvalue weighted by Gasteiger charge is 2.41. The molecular weight excluding hydrogens is 248 g/mol. The SMILES string of the molecule is CCCn1c(C2NCC3CCCC32)nc2cccnc21. The van der Waals surface area contributed by atoms with Gasteiger partial charge in [-0.2, -0.15) is 0 Å². The molecule has 0 bridgehead atoms. The Balaban J connectivity index is 1.80. The molecule has 4 heteroatoms. The maximum Gasteiger partial charge on any atom is 0.160 e. The zero-order valence-electron chi connectivity index (χ0n) is 12.0. The smallest absolute Gasteiger partial charge is 0.160 e. The first kappa shape index (κ1) is 12.3. The molecule has 2 aromatic heterocycles. The highest BCUT2D eigenvalue weighted by atomic mass is 15.2. The third kappa shape index (κ3) is 1.78. The third-order valence-electron chi connectivity index (χ3n) is 5.00. The number of pyridine rings is 1. The monoisotopic (exact) mass is 270 g/mol. The molecule has 1 aliphatic carbocycles. The van der Waals surface area contributed by atoms with Gasteiger partial charge in [0.2, 0.25) is 0 Å². The molecule has 106 valence electrons. The average molecular weight is 270 g/mol. The lowest BCUT2D eigenvalue weighted by atomic mass is 9.93. The number of nitrogens with zero attached hydrogens (tertiary/aromatic N) is 3. The average Bonchev–Trinajstić information content (AvgIpc) is 3.13. The van der Waals surface area contributed by atoms with Gasteiger partial charge in [-0.25, -0.2) is 9.97 Å². The predicted molar refractivity (Wildman–Crippen MR) is 79.4 cm³/mol. The highest BCUT2D eigenvalue weighted by molar-refractivity contribution is 5.71. The van der Waals surface area contributed by atoms with Gasteiger partial charge in [0, 0.05) is 12.7 Å². The van der Waals surface area contributed by atoms with Crippen LogP contribution in [-0.4, -0.2) is 21.1 Å². The Morgan fingerprint density at radius 3 is 3.25 bits per heavy atom. The molecule has 1 saturated carbocycles. The van der Waals surface area contributed by atoms with Gasteiger partial charge in [-0.05, 0) is 49.8 Å². The maximum absolute atomic E-state index is 4.91. The molecule has 3 heterocycles. The molecule has 3 unspecified atom stereocenters. The molecule has 20 heavy (non-hydrogen) atoms. The zero-order chi connectivity index (χ0) is 13.5. The summed E-state index contributed by atoms with van der Waals surface area (Å²) in [5.41, 5.74) is 2.09. The topological polar surface area (TPSA) is 42.7 Å². The zero-order valence-corrected chi connectivity index (χ0v) is 12.0. The first-order valence-electron chi connectivity index (χ1n) is 7.93. The van der Waals surface area contributed by atoms with Gasteiger partial charge in [0.15, 0.2) is 5.65 Å². The van der Waals surface area contributed by atoms with Crippen molar-refractivity contribution in [2.75, 3.05) is 6.54 Å². The van der Waals surface area contributed by atoms with Crippen LogP contribution in [0.2, 0.25) is 0 Å². The number of aromatic nitrogens is 3. The van der Waals surface area contributed by atoms with Crippen LogP contribution in [0.3, 0.4) is 0 Å². The van der Waals surface area contributed by atoms with Crippen LogP contribution in [0.15, 0.2) is 18.3 Å². The lowest BCUT2D eigenvalue weighted by molar-refractivity contribution is 0.396. The Bertz CT molecular complexity index is 618. The van der Waals surface area contributed by atoms with Gasteiger partial charge in [0.25, 0.3) is 0 Å². The highest BCUT2D eigenvalue weighted by Crippen LogP contribution is 2.44. The Labute approximate surface area is 119 Å². The molecule has 4 nitrogen and oxygen atoms in total. The lowest BCUT2D eigenvalue weighted by Crippen LogP contribution is -2.22. The van der Waals surface area contributed by atoms with Crippen LogP contribution < -0.4 is 5.32 Å². The molecule has 0 aromatic carbocycles. The van der Waals surface area contributed by atoms with Crippen LogP contribution in [0.4, 0.5) is 0 Å². The molecule has 0 radical (unpaired) electrons. The van der Waals surface area contributed by atoms with E-state index in [0.29, 0.717) is 6.04 Å². The molecule has 2 fully saturated rings. The van der Waals surface area contributed by atoms with E-state index in [1.807, 2.05) is 12.3 Å². The summed E-state index contributed by atoms with van der Waals surface area (Å²) >= 11 is 0. The van der Waals surface area contributed by atoms with Crippen LogP contribution in [0.5, 0.6) is 0 Å². The Kier molecular flexibility index (Phi) is 2.99. The summed E-state index contributed by atoms with van der Waals surface area (Å²) in [6.07, 6.45) is 7.13. The van der Waals surface area contributed by atoms with E-state index in [9.17, 15) is 0 Å². The van der Waals surface area contributed by atoms with E-state index >= 15 is 0 Å². The van der Waals surface area contributed by atoms with Crippen molar-refractivity contribution in [3.63, 3.8) is 0 Å².